The van der Waals surface area contributed by atoms with E-state index in [2.05, 4.69) is 31.3 Å². The lowest BCUT2D eigenvalue weighted by molar-refractivity contribution is -0.139. The summed E-state index contributed by atoms with van der Waals surface area (Å²) in [5.41, 5.74) is 6.11. The number of carboxylic acid groups (broad SMARTS) is 1. The highest BCUT2D eigenvalue weighted by atomic mass is 19.1. The molecule has 0 saturated heterocycles. The van der Waals surface area contributed by atoms with Crippen LogP contribution in [-0.4, -0.2) is 37.5 Å². The molecular weight excluding hydrogens is 437 g/mol. The van der Waals surface area contributed by atoms with Crippen LogP contribution in [-0.2, 0) is 16.1 Å². The number of ether oxygens (including phenoxy) is 3. The third-order valence-corrected chi connectivity index (χ3v) is 5.20. The summed E-state index contributed by atoms with van der Waals surface area (Å²) in [5, 5.41) is 11.9. The molecule has 0 amide bonds. The molecule has 3 aromatic rings. The van der Waals surface area contributed by atoms with Crippen LogP contribution in [0.2, 0.25) is 0 Å². The van der Waals surface area contributed by atoms with Gasteiger partial charge in [-0.1, -0.05) is 18.2 Å². The van der Waals surface area contributed by atoms with Crippen molar-refractivity contribution in [1.29, 1.82) is 0 Å². The van der Waals surface area contributed by atoms with Gasteiger partial charge in [0, 0.05) is 24.9 Å². The molecule has 2 N–H and O–H groups in total. The predicted molar refractivity (Wildman–Crippen MR) is 130 cm³/mol. The Morgan fingerprint density at radius 3 is 2.44 bits per heavy atom. The zero-order valence-corrected chi connectivity index (χ0v) is 19.7. The summed E-state index contributed by atoms with van der Waals surface area (Å²) in [6, 6.07) is 16.6. The van der Waals surface area contributed by atoms with Crippen molar-refractivity contribution in [3.63, 3.8) is 0 Å². The van der Waals surface area contributed by atoms with E-state index in [0.717, 1.165) is 33.6 Å². The molecule has 7 heteroatoms. The molecule has 0 aliphatic rings. The highest BCUT2D eigenvalue weighted by molar-refractivity contribution is 5.72. The van der Waals surface area contributed by atoms with E-state index in [1.54, 1.807) is 6.07 Å². The number of carbonyl (C=O) groups is 1. The molecule has 0 unspecified atom stereocenters. The molecule has 34 heavy (non-hydrogen) atoms. The van der Waals surface area contributed by atoms with Crippen molar-refractivity contribution in [3.8, 4) is 22.6 Å². The molecule has 0 bridgehead atoms. The van der Waals surface area contributed by atoms with Crippen molar-refractivity contribution in [2.24, 2.45) is 0 Å². The lowest BCUT2D eigenvalue weighted by Crippen LogP contribution is -2.10. The number of carboxylic acids is 1. The average molecular weight is 468 g/mol. The molecule has 0 radical (unpaired) electrons. The monoisotopic (exact) mass is 467 g/mol. The van der Waals surface area contributed by atoms with Gasteiger partial charge >= 0.3 is 5.97 Å². The number of benzene rings is 3. The van der Waals surface area contributed by atoms with E-state index in [-0.39, 0.29) is 5.75 Å². The Kier molecular flexibility index (Phi) is 8.87. The van der Waals surface area contributed by atoms with E-state index in [0.29, 0.717) is 32.1 Å². The molecule has 180 valence electrons. The van der Waals surface area contributed by atoms with Crippen molar-refractivity contribution >= 4 is 11.7 Å². The summed E-state index contributed by atoms with van der Waals surface area (Å²) >= 11 is 0. The molecule has 3 rings (SSSR count). The summed E-state index contributed by atoms with van der Waals surface area (Å²) in [6.45, 7) is 7.76. The van der Waals surface area contributed by atoms with Crippen LogP contribution in [0.4, 0.5) is 10.1 Å². The van der Waals surface area contributed by atoms with Crippen LogP contribution in [0.3, 0.4) is 0 Å². The van der Waals surface area contributed by atoms with Crippen LogP contribution in [0, 0.1) is 19.7 Å². The van der Waals surface area contributed by atoms with Crippen molar-refractivity contribution < 1.29 is 28.5 Å². The van der Waals surface area contributed by atoms with Crippen LogP contribution in [0.15, 0.2) is 54.6 Å². The van der Waals surface area contributed by atoms with Gasteiger partial charge in [0.2, 0.25) is 0 Å². The molecule has 0 aromatic heterocycles. The first kappa shape index (κ1) is 25.1. The highest BCUT2D eigenvalue weighted by Gasteiger charge is 2.10. The maximum Gasteiger partial charge on any atom is 0.341 e. The lowest BCUT2D eigenvalue weighted by Gasteiger charge is -2.15. The maximum absolute atomic E-state index is 14.2. The van der Waals surface area contributed by atoms with Crippen molar-refractivity contribution in [1.82, 2.24) is 0 Å². The number of hydrogen-bond acceptors (Lipinski definition) is 5. The highest BCUT2D eigenvalue weighted by Crippen LogP contribution is 2.32. The molecule has 0 aliphatic heterocycles. The number of nitrogens with one attached hydrogen (secondary N) is 1. The van der Waals surface area contributed by atoms with E-state index >= 15 is 0 Å². The van der Waals surface area contributed by atoms with Crippen LogP contribution < -0.4 is 14.8 Å². The molecule has 6 nitrogen and oxygen atoms in total. The lowest BCUT2D eigenvalue weighted by atomic mass is 9.94. The SMILES string of the molecule is CCOCCOc1cc(C)c(-c2cccc(CNc3ccc(OCC(=O)O)c(F)c3)c2)c(C)c1. The van der Waals surface area contributed by atoms with Crippen molar-refractivity contribution in [3.05, 3.63) is 77.1 Å². The zero-order chi connectivity index (χ0) is 24.5. The van der Waals surface area contributed by atoms with E-state index in [1.165, 1.54) is 12.1 Å². The van der Waals surface area contributed by atoms with Crippen LogP contribution in [0.1, 0.15) is 23.6 Å². The van der Waals surface area contributed by atoms with Gasteiger partial charge in [0.15, 0.2) is 18.2 Å². The molecular formula is C27H30FNO5. The first-order valence-electron chi connectivity index (χ1n) is 11.2. The van der Waals surface area contributed by atoms with Crippen molar-refractivity contribution in [2.45, 2.75) is 27.3 Å². The molecule has 0 spiro atoms. The van der Waals surface area contributed by atoms with Crippen LogP contribution >= 0.6 is 0 Å². The van der Waals surface area contributed by atoms with Gasteiger partial charge in [-0.2, -0.15) is 0 Å². The van der Waals surface area contributed by atoms with Gasteiger partial charge in [0.25, 0.3) is 0 Å². The standard InChI is InChI=1S/C27H30FNO5/c1-4-32-10-11-33-23-12-18(2)27(19(3)13-23)21-7-5-6-20(14-21)16-29-22-8-9-25(24(28)15-22)34-17-26(30)31/h5-9,12-15,29H,4,10-11,16-17H2,1-3H3,(H,30,31). The number of anilines is 1. The van der Waals surface area contributed by atoms with E-state index in [1.807, 2.05) is 31.2 Å². The first-order valence-corrected chi connectivity index (χ1v) is 11.2. The smallest absolute Gasteiger partial charge is 0.341 e. The maximum atomic E-state index is 14.2. The summed E-state index contributed by atoms with van der Waals surface area (Å²) in [5.74, 6) is -1.04. The van der Waals surface area contributed by atoms with E-state index in [4.69, 9.17) is 19.3 Å². The number of rotatable bonds is 12. The Hall–Kier alpha value is -3.58. The van der Waals surface area contributed by atoms with E-state index in [9.17, 15) is 9.18 Å². The summed E-state index contributed by atoms with van der Waals surface area (Å²) in [7, 11) is 0. The Bertz CT molecular complexity index is 1110. The molecule has 0 atom stereocenters. The topological polar surface area (TPSA) is 77.0 Å². The summed E-state index contributed by atoms with van der Waals surface area (Å²) < 4.78 is 30.2. The number of aryl methyl sites for hydroxylation is 2. The molecule has 0 heterocycles. The fourth-order valence-electron chi connectivity index (χ4n) is 3.73. The molecule has 0 aliphatic carbocycles. The Labute approximate surface area is 199 Å². The second-order valence-electron chi connectivity index (χ2n) is 7.86. The Morgan fingerprint density at radius 2 is 1.76 bits per heavy atom. The molecule has 0 fully saturated rings. The van der Waals surface area contributed by atoms with Gasteiger partial charge in [-0.05, 0) is 78.9 Å². The van der Waals surface area contributed by atoms with E-state index < -0.39 is 18.4 Å². The summed E-state index contributed by atoms with van der Waals surface area (Å²) in [4.78, 5) is 10.6. The molecule has 0 saturated carbocycles. The normalized spacial score (nSPS) is 10.7. The predicted octanol–water partition coefficient (Wildman–Crippen LogP) is 5.60. The quantitative estimate of drug-likeness (QED) is 0.338. The minimum Gasteiger partial charge on any atom is -0.491 e. The third-order valence-electron chi connectivity index (χ3n) is 5.20. The fraction of sp³-hybridized carbons (Fsp3) is 0.296. The molecule has 3 aromatic carbocycles. The van der Waals surface area contributed by atoms with Crippen LogP contribution in [0.25, 0.3) is 11.1 Å². The number of hydrogen-bond donors (Lipinski definition) is 2. The Morgan fingerprint density at radius 1 is 1.00 bits per heavy atom. The van der Waals surface area contributed by atoms with Crippen molar-refractivity contribution in [2.75, 3.05) is 31.7 Å². The Balaban J connectivity index is 1.68. The fourth-order valence-corrected chi connectivity index (χ4v) is 3.73. The van der Waals surface area contributed by atoms with Crippen LogP contribution in [0.5, 0.6) is 11.5 Å². The average Bonchev–Trinajstić information content (AvgIpc) is 2.80. The first-order chi connectivity index (χ1) is 16.4. The minimum absolute atomic E-state index is 0.0915. The van der Waals surface area contributed by atoms with Gasteiger partial charge in [0.05, 0.1) is 6.61 Å². The van der Waals surface area contributed by atoms with Gasteiger partial charge < -0.3 is 24.6 Å². The second kappa shape index (κ2) is 12.0. The number of halogens is 1. The summed E-state index contributed by atoms with van der Waals surface area (Å²) in [6.07, 6.45) is 0. The van der Waals surface area contributed by atoms with Gasteiger partial charge in [0.1, 0.15) is 12.4 Å². The minimum atomic E-state index is -1.16. The van der Waals surface area contributed by atoms with Gasteiger partial charge in [-0.15, -0.1) is 0 Å². The number of aliphatic carboxylic acids is 1. The third kappa shape index (κ3) is 6.96. The van der Waals surface area contributed by atoms with Gasteiger partial charge in [-0.25, -0.2) is 9.18 Å². The largest absolute Gasteiger partial charge is 0.491 e. The second-order valence-corrected chi connectivity index (χ2v) is 7.86. The van der Waals surface area contributed by atoms with Gasteiger partial charge in [-0.3, -0.25) is 0 Å². The zero-order valence-electron chi connectivity index (χ0n) is 19.7.